The van der Waals surface area contributed by atoms with E-state index in [9.17, 15) is 9.90 Å². The summed E-state index contributed by atoms with van der Waals surface area (Å²) in [5, 5.41) is 9.81. The minimum atomic E-state index is -0.687. The monoisotopic (exact) mass is 284 g/mol. The number of phenolic OH excluding ortho intramolecular Hbond substituents is 1. The third-order valence-corrected chi connectivity index (χ3v) is 3.39. The molecule has 0 spiro atoms. The highest BCUT2D eigenvalue weighted by Gasteiger charge is 2.30. The maximum Gasteiger partial charge on any atom is 0.312 e. The normalized spacial score (nSPS) is 11.1. The molecule has 1 N–H and O–H groups in total. The molecule has 0 heterocycles. The molecular weight excluding hydrogens is 264 g/mol. The fraction of sp³-hybridized carbons (Fsp3) is 0.278. The summed E-state index contributed by atoms with van der Waals surface area (Å²) >= 11 is 0. The largest absolute Gasteiger partial charge is 0.508 e. The summed E-state index contributed by atoms with van der Waals surface area (Å²) in [5.74, 6) is -0.0592. The number of esters is 1. The number of aromatic hydroxyl groups is 1. The van der Waals surface area contributed by atoms with E-state index in [0.29, 0.717) is 6.42 Å². The smallest absolute Gasteiger partial charge is 0.312 e. The van der Waals surface area contributed by atoms with Crippen LogP contribution in [0, 0.1) is 5.41 Å². The number of benzene rings is 2. The summed E-state index contributed by atoms with van der Waals surface area (Å²) in [6.07, 6.45) is 0.438. The van der Waals surface area contributed by atoms with E-state index in [1.807, 2.05) is 56.3 Å². The summed E-state index contributed by atoms with van der Waals surface area (Å²) in [6.45, 7) is 3.92. The van der Waals surface area contributed by atoms with Crippen molar-refractivity contribution in [2.45, 2.75) is 26.9 Å². The Morgan fingerprint density at radius 2 is 1.67 bits per heavy atom. The van der Waals surface area contributed by atoms with Crippen LogP contribution in [0.25, 0.3) is 0 Å². The first-order chi connectivity index (χ1) is 9.99. The molecule has 2 aromatic carbocycles. The predicted molar refractivity (Wildman–Crippen MR) is 81.8 cm³/mol. The van der Waals surface area contributed by atoms with Crippen LogP contribution in [0.4, 0.5) is 0 Å². The first-order valence-corrected chi connectivity index (χ1v) is 6.97. The summed E-state index contributed by atoms with van der Waals surface area (Å²) in [4.78, 5) is 12.2. The van der Waals surface area contributed by atoms with Gasteiger partial charge in [-0.25, -0.2) is 0 Å². The zero-order valence-corrected chi connectivity index (χ0v) is 12.4. The molecule has 0 aliphatic rings. The van der Waals surface area contributed by atoms with Gasteiger partial charge in [-0.3, -0.25) is 4.79 Å². The van der Waals surface area contributed by atoms with Crippen molar-refractivity contribution in [2.75, 3.05) is 0 Å². The molecule has 0 fully saturated rings. The summed E-state index contributed by atoms with van der Waals surface area (Å²) < 4.78 is 5.38. The Bertz CT molecular complexity index is 603. The number of rotatable bonds is 5. The van der Waals surface area contributed by atoms with Gasteiger partial charge in [0.15, 0.2) is 0 Å². The Morgan fingerprint density at radius 3 is 2.33 bits per heavy atom. The molecule has 2 rings (SSSR count). The molecule has 0 radical (unpaired) electrons. The van der Waals surface area contributed by atoms with E-state index in [-0.39, 0.29) is 18.3 Å². The van der Waals surface area contributed by atoms with Gasteiger partial charge in [-0.05, 0) is 37.5 Å². The van der Waals surface area contributed by atoms with Crippen molar-refractivity contribution in [2.24, 2.45) is 5.41 Å². The molecule has 0 aromatic heterocycles. The zero-order chi connectivity index (χ0) is 15.3. The van der Waals surface area contributed by atoms with Gasteiger partial charge in [0, 0.05) is 0 Å². The molecule has 2 aromatic rings. The minimum Gasteiger partial charge on any atom is -0.508 e. The standard InChI is InChI=1S/C18H20O3/c1-18(2,12-15-10-6-7-11-16(15)19)17(20)21-13-14-8-4-3-5-9-14/h3-11,19H,12-13H2,1-2H3. The van der Waals surface area contributed by atoms with Crippen LogP contribution in [-0.4, -0.2) is 11.1 Å². The average Bonchev–Trinajstić information content (AvgIpc) is 2.48. The molecule has 0 saturated carbocycles. The Morgan fingerprint density at radius 1 is 1.05 bits per heavy atom. The first-order valence-electron chi connectivity index (χ1n) is 6.97. The molecule has 3 heteroatoms. The van der Waals surface area contributed by atoms with Gasteiger partial charge in [0.1, 0.15) is 12.4 Å². The molecule has 0 bridgehead atoms. The van der Waals surface area contributed by atoms with Crippen molar-refractivity contribution < 1.29 is 14.6 Å². The van der Waals surface area contributed by atoms with Gasteiger partial charge in [0.2, 0.25) is 0 Å². The molecular formula is C18H20O3. The Kier molecular flexibility index (Phi) is 4.63. The molecule has 110 valence electrons. The topological polar surface area (TPSA) is 46.5 Å². The van der Waals surface area contributed by atoms with Crippen LogP contribution in [0.1, 0.15) is 25.0 Å². The molecule has 0 amide bonds. The minimum absolute atomic E-state index is 0.210. The van der Waals surface area contributed by atoms with Crippen molar-refractivity contribution in [3.63, 3.8) is 0 Å². The predicted octanol–water partition coefficient (Wildman–Crippen LogP) is 3.70. The van der Waals surface area contributed by atoms with Crippen molar-refractivity contribution in [1.82, 2.24) is 0 Å². The maximum absolute atomic E-state index is 12.2. The highest BCUT2D eigenvalue weighted by molar-refractivity contribution is 5.76. The highest BCUT2D eigenvalue weighted by atomic mass is 16.5. The van der Waals surface area contributed by atoms with Crippen molar-refractivity contribution in [3.05, 3.63) is 65.7 Å². The molecule has 3 nitrogen and oxygen atoms in total. The summed E-state index contributed by atoms with van der Waals surface area (Å²) in [5.41, 5.74) is 1.02. The number of phenols is 1. The van der Waals surface area contributed by atoms with Crippen LogP contribution in [0.15, 0.2) is 54.6 Å². The van der Waals surface area contributed by atoms with Crippen molar-refractivity contribution in [3.8, 4) is 5.75 Å². The second-order valence-electron chi connectivity index (χ2n) is 5.75. The van der Waals surface area contributed by atoms with E-state index in [2.05, 4.69) is 0 Å². The van der Waals surface area contributed by atoms with E-state index in [4.69, 9.17) is 4.74 Å². The van der Waals surface area contributed by atoms with Gasteiger partial charge >= 0.3 is 5.97 Å². The maximum atomic E-state index is 12.2. The van der Waals surface area contributed by atoms with Gasteiger partial charge in [0.05, 0.1) is 5.41 Å². The second kappa shape index (κ2) is 6.44. The van der Waals surface area contributed by atoms with Crippen LogP contribution in [0.2, 0.25) is 0 Å². The van der Waals surface area contributed by atoms with Gasteiger partial charge in [-0.15, -0.1) is 0 Å². The average molecular weight is 284 g/mol. The van der Waals surface area contributed by atoms with E-state index in [1.165, 1.54) is 0 Å². The van der Waals surface area contributed by atoms with Gasteiger partial charge in [0.25, 0.3) is 0 Å². The lowest BCUT2D eigenvalue weighted by molar-refractivity contribution is -0.155. The molecule has 0 unspecified atom stereocenters. The van der Waals surface area contributed by atoms with E-state index in [1.54, 1.807) is 12.1 Å². The number of ether oxygens (including phenoxy) is 1. The van der Waals surface area contributed by atoms with Crippen LogP contribution < -0.4 is 0 Å². The molecule has 21 heavy (non-hydrogen) atoms. The molecule has 0 saturated heterocycles. The van der Waals surface area contributed by atoms with E-state index < -0.39 is 5.41 Å². The summed E-state index contributed by atoms with van der Waals surface area (Å²) in [6, 6.07) is 16.6. The third kappa shape index (κ3) is 4.09. The fourth-order valence-corrected chi connectivity index (χ4v) is 2.13. The number of carbonyl (C=O) groups is 1. The Hall–Kier alpha value is -2.29. The van der Waals surface area contributed by atoms with Gasteiger partial charge < -0.3 is 9.84 Å². The van der Waals surface area contributed by atoms with Gasteiger partial charge in [-0.1, -0.05) is 48.5 Å². The number of hydrogen-bond acceptors (Lipinski definition) is 3. The van der Waals surface area contributed by atoms with Crippen LogP contribution in [-0.2, 0) is 22.6 Å². The van der Waals surface area contributed by atoms with Crippen molar-refractivity contribution >= 4 is 5.97 Å². The lowest BCUT2D eigenvalue weighted by atomic mass is 9.85. The quantitative estimate of drug-likeness (QED) is 0.851. The molecule has 0 aliphatic carbocycles. The third-order valence-electron chi connectivity index (χ3n) is 3.39. The SMILES string of the molecule is CC(C)(Cc1ccccc1O)C(=O)OCc1ccccc1. The van der Waals surface area contributed by atoms with Crippen LogP contribution >= 0.6 is 0 Å². The highest BCUT2D eigenvalue weighted by Crippen LogP contribution is 2.28. The van der Waals surface area contributed by atoms with Crippen LogP contribution in [0.3, 0.4) is 0 Å². The molecule has 0 atom stereocenters. The number of carbonyl (C=O) groups excluding carboxylic acids is 1. The lowest BCUT2D eigenvalue weighted by Crippen LogP contribution is -2.29. The van der Waals surface area contributed by atoms with E-state index in [0.717, 1.165) is 11.1 Å². The second-order valence-corrected chi connectivity index (χ2v) is 5.75. The van der Waals surface area contributed by atoms with Crippen molar-refractivity contribution in [1.29, 1.82) is 0 Å². The summed E-state index contributed by atoms with van der Waals surface area (Å²) in [7, 11) is 0. The first kappa shape index (κ1) is 15.1. The fourth-order valence-electron chi connectivity index (χ4n) is 2.13. The van der Waals surface area contributed by atoms with Gasteiger partial charge in [-0.2, -0.15) is 0 Å². The Balaban J connectivity index is 1.98. The van der Waals surface area contributed by atoms with E-state index >= 15 is 0 Å². The lowest BCUT2D eigenvalue weighted by Gasteiger charge is -2.23. The zero-order valence-electron chi connectivity index (χ0n) is 12.4. The number of hydrogen-bond donors (Lipinski definition) is 1. The van der Waals surface area contributed by atoms with Crippen LogP contribution in [0.5, 0.6) is 5.75 Å². The Labute approximate surface area is 125 Å². The number of para-hydroxylation sites is 1. The molecule has 0 aliphatic heterocycles.